The topological polar surface area (TPSA) is 65.4 Å². The fraction of sp³-hybridized carbons (Fsp3) is 0.400. The molecular formula is C20H24N2O4. The van der Waals surface area contributed by atoms with Crippen LogP contribution >= 0.6 is 0 Å². The first-order chi connectivity index (χ1) is 12.7. The van der Waals surface area contributed by atoms with Gasteiger partial charge in [0.25, 0.3) is 0 Å². The molecule has 1 atom stereocenters. The van der Waals surface area contributed by atoms with Crippen molar-refractivity contribution in [3.63, 3.8) is 0 Å². The van der Waals surface area contributed by atoms with E-state index in [1.165, 1.54) is 0 Å². The molecular weight excluding hydrogens is 332 g/mol. The largest absolute Gasteiger partial charge is 0.508 e. The Morgan fingerprint density at radius 3 is 2.31 bits per heavy atom. The molecule has 6 nitrogen and oxygen atoms in total. The van der Waals surface area contributed by atoms with E-state index >= 15 is 0 Å². The highest BCUT2D eigenvalue weighted by Crippen LogP contribution is 2.33. The van der Waals surface area contributed by atoms with Gasteiger partial charge in [0.05, 0.1) is 6.10 Å². The van der Waals surface area contributed by atoms with Crippen LogP contribution in [0, 0.1) is 0 Å². The van der Waals surface area contributed by atoms with Gasteiger partial charge in [0, 0.05) is 38.4 Å². The SMILES string of the molecule is Oc1ccc(N2CCN(C[C@@H](O)c3ccc4c(c3)OCCO4)CC2)cc1. The minimum atomic E-state index is -0.550. The van der Waals surface area contributed by atoms with Crippen LogP contribution in [0.4, 0.5) is 5.69 Å². The number of benzene rings is 2. The molecule has 26 heavy (non-hydrogen) atoms. The lowest BCUT2D eigenvalue weighted by molar-refractivity contribution is 0.108. The van der Waals surface area contributed by atoms with Crippen molar-refractivity contribution < 1.29 is 19.7 Å². The summed E-state index contributed by atoms with van der Waals surface area (Å²) in [6.07, 6.45) is -0.550. The van der Waals surface area contributed by atoms with Gasteiger partial charge in [0.2, 0.25) is 0 Å². The van der Waals surface area contributed by atoms with Gasteiger partial charge in [-0.05, 0) is 42.0 Å². The minimum absolute atomic E-state index is 0.287. The molecule has 2 N–H and O–H groups in total. The second kappa shape index (κ2) is 7.43. The van der Waals surface area contributed by atoms with Crippen LogP contribution in [0.1, 0.15) is 11.7 Å². The molecule has 0 saturated carbocycles. The molecule has 1 fully saturated rings. The van der Waals surface area contributed by atoms with Crippen molar-refractivity contribution in [3.8, 4) is 17.2 Å². The van der Waals surface area contributed by atoms with Crippen molar-refractivity contribution in [2.45, 2.75) is 6.10 Å². The Morgan fingerprint density at radius 2 is 1.58 bits per heavy atom. The van der Waals surface area contributed by atoms with Gasteiger partial charge in [-0.3, -0.25) is 4.90 Å². The number of fused-ring (bicyclic) bond motifs is 1. The van der Waals surface area contributed by atoms with Crippen LogP contribution in [0.2, 0.25) is 0 Å². The summed E-state index contributed by atoms with van der Waals surface area (Å²) in [6, 6.07) is 13.0. The van der Waals surface area contributed by atoms with Crippen molar-refractivity contribution in [2.24, 2.45) is 0 Å². The molecule has 0 spiro atoms. The molecule has 2 heterocycles. The van der Waals surface area contributed by atoms with E-state index in [2.05, 4.69) is 9.80 Å². The number of aromatic hydroxyl groups is 1. The summed E-state index contributed by atoms with van der Waals surface area (Å²) in [4.78, 5) is 4.57. The number of rotatable bonds is 4. The molecule has 138 valence electrons. The van der Waals surface area contributed by atoms with E-state index in [0.29, 0.717) is 25.5 Å². The van der Waals surface area contributed by atoms with Crippen LogP contribution < -0.4 is 14.4 Å². The Kier molecular flexibility index (Phi) is 4.86. The quantitative estimate of drug-likeness (QED) is 0.874. The van der Waals surface area contributed by atoms with E-state index in [0.717, 1.165) is 43.2 Å². The van der Waals surface area contributed by atoms with E-state index in [1.54, 1.807) is 12.1 Å². The highest BCUT2D eigenvalue weighted by Gasteiger charge is 2.21. The fourth-order valence-corrected chi connectivity index (χ4v) is 3.47. The Bertz CT molecular complexity index is 742. The molecule has 0 unspecified atom stereocenters. The summed E-state index contributed by atoms with van der Waals surface area (Å²) < 4.78 is 11.1. The summed E-state index contributed by atoms with van der Waals surface area (Å²) in [5, 5.41) is 20.0. The first kappa shape index (κ1) is 17.0. The fourth-order valence-electron chi connectivity index (χ4n) is 3.47. The summed E-state index contributed by atoms with van der Waals surface area (Å²) in [5.41, 5.74) is 1.98. The maximum Gasteiger partial charge on any atom is 0.161 e. The van der Waals surface area contributed by atoms with Crippen molar-refractivity contribution >= 4 is 5.69 Å². The number of phenolic OH excluding ortho intramolecular Hbond substituents is 1. The third kappa shape index (κ3) is 3.71. The molecule has 4 rings (SSSR count). The first-order valence-corrected chi connectivity index (χ1v) is 9.03. The second-order valence-corrected chi connectivity index (χ2v) is 6.72. The lowest BCUT2D eigenvalue weighted by Crippen LogP contribution is -2.47. The van der Waals surface area contributed by atoms with Crippen LogP contribution in [0.3, 0.4) is 0 Å². The van der Waals surface area contributed by atoms with Crippen LogP contribution in [0.15, 0.2) is 42.5 Å². The van der Waals surface area contributed by atoms with Gasteiger partial charge in [-0.25, -0.2) is 0 Å². The highest BCUT2D eigenvalue weighted by atomic mass is 16.6. The summed E-state index contributed by atoms with van der Waals surface area (Å²) in [7, 11) is 0. The zero-order valence-electron chi connectivity index (χ0n) is 14.7. The lowest BCUT2D eigenvalue weighted by Gasteiger charge is -2.37. The number of piperazine rings is 1. The van der Waals surface area contributed by atoms with Crippen molar-refractivity contribution in [1.82, 2.24) is 4.90 Å². The molecule has 2 aliphatic heterocycles. The van der Waals surface area contributed by atoms with Crippen molar-refractivity contribution in [1.29, 1.82) is 0 Å². The van der Waals surface area contributed by atoms with Gasteiger partial charge < -0.3 is 24.6 Å². The predicted octanol–water partition coefficient (Wildman–Crippen LogP) is 2.02. The molecule has 0 radical (unpaired) electrons. The number of hydrogen-bond acceptors (Lipinski definition) is 6. The lowest BCUT2D eigenvalue weighted by atomic mass is 10.1. The maximum absolute atomic E-state index is 10.6. The first-order valence-electron chi connectivity index (χ1n) is 9.03. The van der Waals surface area contributed by atoms with Crippen LogP contribution in [-0.2, 0) is 0 Å². The van der Waals surface area contributed by atoms with Gasteiger partial charge in [-0.1, -0.05) is 6.07 Å². The van der Waals surface area contributed by atoms with E-state index < -0.39 is 6.10 Å². The smallest absolute Gasteiger partial charge is 0.161 e. The summed E-state index contributed by atoms with van der Waals surface area (Å²) in [5.74, 6) is 1.74. The summed E-state index contributed by atoms with van der Waals surface area (Å²) >= 11 is 0. The zero-order valence-corrected chi connectivity index (χ0v) is 14.7. The second-order valence-electron chi connectivity index (χ2n) is 6.72. The van der Waals surface area contributed by atoms with Crippen LogP contribution in [-0.4, -0.2) is 61.1 Å². The highest BCUT2D eigenvalue weighted by molar-refractivity contribution is 5.49. The van der Waals surface area contributed by atoms with Gasteiger partial charge in [-0.15, -0.1) is 0 Å². The van der Waals surface area contributed by atoms with E-state index in [4.69, 9.17) is 9.47 Å². The number of anilines is 1. The number of β-amino-alcohol motifs (C(OH)–C–C–N with tert-alkyl or cyclic N) is 1. The number of ether oxygens (including phenoxy) is 2. The Labute approximate surface area is 153 Å². The average molecular weight is 356 g/mol. The molecule has 1 saturated heterocycles. The third-order valence-corrected chi connectivity index (χ3v) is 4.97. The molecule has 6 heteroatoms. The number of aliphatic hydroxyl groups is 1. The standard InChI is InChI=1S/C20H24N2O4/c23-17-4-2-16(3-5-17)22-9-7-21(8-10-22)14-18(24)15-1-6-19-20(13-15)26-12-11-25-19/h1-6,13,18,23-24H,7-12,14H2/t18-/m1/s1. The summed E-state index contributed by atoms with van der Waals surface area (Å²) in [6.45, 7) is 5.30. The van der Waals surface area contributed by atoms with Crippen molar-refractivity contribution in [2.75, 3.05) is 50.8 Å². The Morgan fingerprint density at radius 1 is 0.885 bits per heavy atom. The number of phenols is 1. The monoisotopic (exact) mass is 356 g/mol. The van der Waals surface area contributed by atoms with Crippen LogP contribution in [0.25, 0.3) is 0 Å². The molecule has 0 aromatic heterocycles. The van der Waals surface area contributed by atoms with Gasteiger partial charge in [0.1, 0.15) is 19.0 Å². The number of aliphatic hydroxyl groups excluding tert-OH is 1. The third-order valence-electron chi connectivity index (χ3n) is 4.97. The van der Waals surface area contributed by atoms with E-state index in [1.807, 2.05) is 30.3 Å². The number of nitrogens with zero attached hydrogens (tertiary/aromatic N) is 2. The maximum atomic E-state index is 10.6. The van der Waals surface area contributed by atoms with Crippen molar-refractivity contribution in [3.05, 3.63) is 48.0 Å². The van der Waals surface area contributed by atoms with Gasteiger partial charge in [-0.2, -0.15) is 0 Å². The average Bonchev–Trinajstić information content (AvgIpc) is 2.69. The zero-order chi connectivity index (χ0) is 17.9. The molecule has 2 aromatic rings. The Hall–Kier alpha value is -2.44. The van der Waals surface area contributed by atoms with E-state index in [9.17, 15) is 10.2 Å². The number of hydrogen-bond donors (Lipinski definition) is 2. The molecule has 2 aromatic carbocycles. The molecule has 0 amide bonds. The minimum Gasteiger partial charge on any atom is -0.508 e. The van der Waals surface area contributed by atoms with Gasteiger partial charge >= 0.3 is 0 Å². The predicted molar refractivity (Wildman–Crippen MR) is 99.2 cm³/mol. The van der Waals surface area contributed by atoms with E-state index in [-0.39, 0.29) is 5.75 Å². The molecule has 0 bridgehead atoms. The van der Waals surface area contributed by atoms with Gasteiger partial charge in [0.15, 0.2) is 11.5 Å². The van der Waals surface area contributed by atoms with Crippen LogP contribution in [0.5, 0.6) is 17.2 Å². The Balaban J connectivity index is 1.33. The molecule has 2 aliphatic rings. The molecule has 0 aliphatic carbocycles. The normalized spacial score (nSPS) is 18.6.